The SMILES string of the molecule is NC(=O)Oc1ccc(C(C(=O)O)N2CC(NC(=O)C(=O)c3ccc(OCCC(N)C(=O)O)cc3)C2=O)cc1. The number of hydrogen-bond donors (Lipinski definition) is 5. The number of carbonyl (C=O) groups is 6. The van der Waals surface area contributed by atoms with E-state index in [9.17, 15) is 33.9 Å². The van der Waals surface area contributed by atoms with Gasteiger partial charge in [0, 0.05) is 12.0 Å². The van der Waals surface area contributed by atoms with Gasteiger partial charge in [0.15, 0.2) is 6.04 Å². The Kier molecular flexibility index (Phi) is 8.60. The Morgan fingerprint density at radius 1 is 0.974 bits per heavy atom. The average molecular weight is 528 g/mol. The molecule has 7 N–H and O–H groups in total. The minimum Gasteiger partial charge on any atom is -0.494 e. The zero-order valence-electron chi connectivity index (χ0n) is 19.7. The molecule has 14 heteroatoms. The number of amides is 3. The monoisotopic (exact) mass is 528 g/mol. The van der Waals surface area contributed by atoms with Crippen LogP contribution in [0.5, 0.6) is 11.5 Å². The van der Waals surface area contributed by atoms with Crippen LogP contribution in [0.4, 0.5) is 4.79 Å². The molecule has 38 heavy (non-hydrogen) atoms. The van der Waals surface area contributed by atoms with E-state index in [-0.39, 0.29) is 36.4 Å². The number of aliphatic carboxylic acids is 2. The molecule has 2 aromatic carbocycles. The van der Waals surface area contributed by atoms with Gasteiger partial charge >= 0.3 is 18.0 Å². The molecule has 3 amide bonds. The summed E-state index contributed by atoms with van der Waals surface area (Å²) in [5, 5.41) is 20.7. The molecule has 0 spiro atoms. The van der Waals surface area contributed by atoms with Crippen molar-refractivity contribution < 1.29 is 48.5 Å². The number of hydrogen-bond acceptors (Lipinski definition) is 9. The number of carboxylic acid groups (broad SMARTS) is 2. The van der Waals surface area contributed by atoms with E-state index in [2.05, 4.69) is 5.32 Å². The number of nitrogens with one attached hydrogen (secondary N) is 1. The summed E-state index contributed by atoms with van der Waals surface area (Å²) < 4.78 is 10.1. The predicted molar refractivity (Wildman–Crippen MR) is 127 cm³/mol. The molecule has 1 heterocycles. The lowest BCUT2D eigenvalue weighted by Crippen LogP contribution is -2.66. The van der Waals surface area contributed by atoms with Crippen molar-refractivity contribution in [2.24, 2.45) is 11.5 Å². The summed E-state index contributed by atoms with van der Waals surface area (Å²) in [4.78, 5) is 71.9. The van der Waals surface area contributed by atoms with Crippen LogP contribution in [0.2, 0.25) is 0 Å². The molecule has 3 unspecified atom stereocenters. The minimum atomic E-state index is -1.37. The van der Waals surface area contributed by atoms with Crippen LogP contribution in [0.3, 0.4) is 0 Å². The molecule has 14 nitrogen and oxygen atoms in total. The van der Waals surface area contributed by atoms with Crippen LogP contribution in [0.15, 0.2) is 48.5 Å². The first-order valence-electron chi connectivity index (χ1n) is 11.1. The van der Waals surface area contributed by atoms with Crippen LogP contribution in [-0.2, 0) is 19.2 Å². The van der Waals surface area contributed by atoms with E-state index in [4.69, 9.17) is 26.0 Å². The number of primary amides is 1. The van der Waals surface area contributed by atoms with Crippen LogP contribution in [0, 0.1) is 0 Å². The largest absolute Gasteiger partial charge is 0.494 e. The maximum atomic E-state index is 12.6. The van der Waals surface area contributed by atoms with Crippen molar-refractivity contribution in [1.82, 2.24) is 10.2 Å². The third-order valence-electron chi connectivity index (χ3n) is 5.56. The summed E-state index contributed by atoms with van der Waals surface area (Å²) in [6.45, 7) is -0.121. The zero-order valence-corrected chi connectivity index (χ0v) is 19.7. The average Bonchev–Trinajstić information content (AvgIpc) is 2.87. The maximum Gasteiger partial charge on any atom is 0.409 e. The molecule has 0 aliphatic carbocycles. The minimum absolute atomic E-state index is 0.0161. The maximum absolute atomic E-state index is 12.6. The number of nitrogens with zero attached hydrogens (tertiary/aromatic N) is 1. The van der Waals surface area contributed by atoms with Gasteiger partial charge in [-0.2, -0.15) is 0 Å². The smallest absolute Gasteiger partial charge is 0.409 e. The first kappa shape index (κ1) is 27.6. The van der Waals surface area contributed by atoms with E-state index in [0.717, 1.165) is 4.90 Å². The van der Waals surface area contributed by atoms with E-state index in [1.165, 1.54) is 48.5 Å². The van der Waals surface area contributed by atoms with Crippen LogP contribution >= 0.6 is 0 Å². The fraction of sp³-hybridized carbons (Fsp3) is 0.250. The van der Waals surface area contributed by atoms with Crippen molar-refractivity contribution in [2.75, 3.05) is 13.2 Å². The normalized spacial score (nSPS) is 16.0. The molecule has 1 aliphatic rings. The quantitative estimate of drug-likeness (QED) is 0.136. The summed E-state index contributed by atoms with van der Waals surface area (Å²) in [6, 6.07) is 7.31. The van der Waals surface area contributed by atoms with Gasteiger partial charge in [0.1, 0.15) is 23.6 Å². The number of benzene rings is 2. The second kappa shape index (κ2) is 11.8. The van der Waals surface area contributed by atoms with Gasteiger partial charge in [-0.25, -0.2) is 9.59 Å². The van der Waals surface area contributed by atoms with Crippen molar-refractivity contribution in [1.29, 1.82) is 0 Å². The van der Waals surface area contributed by atoms with Gasteiger partial charge in [-0.1, -0.05) is 12.1 Å². The Morgan fingerprint density at radius 3 is 2.11 bits per heavy atom. The van der Waals surface area contributed by atoms with Crippen molar-refractivity contribution in [2.45, 2.75) is 24.5 Å². The fourth-order valence-electron chi connectivity index (χ4n) is 3.57. The van der Waals surface area contributed by atoms with Gasteiger partial charge in [-0.05, 0) is 42.0 Å². The molecule has 2 aromatic rings. The number of ketones is 1. The molecule has 200 valence electrons. The summed E-state index contributed by atoms with van der Waals surface area (Å²) >= 11 is 0. The molecule has 0 bridgehead atoms. The van der Waals surface area contributed by atoms with E-state index < -0.39 is 53.8 Å². The van der Waals surface area contributed by atoms with E-state index in [1.54, 1.807) is 0 Å². The molecule has 3 rings (SSSR count). The predicted octanol–water partition coefficient (Wildman–Crippen LogP) is -0.339. The van der Waals surface area contributed by atoms with E-state index in [1.807, 2.05) is 0 Å². The number of Topliss-reactive ketones (excluding diaryl/α,β-unsaturated/α-hetero) is 1. The number of ether oxygens (including phenoxy) is 2. The highest BCUT2D eigenvalue weighted by atomic mass is 16.5. The van der Waals surface area contributed by atoms with Gasteiger partial charge in [0.25, 0.3) is 5.91 Å². The molecular formula is C24H24N4O10. The third kappa shape index (κ3) is 6.61. The standard InChI is InChI=1S/C24H24N4O10/c25-16(22(32)33)9-10-37-14-5-3-13(4-6-14)19(29)20(30)27-17-11-28(21(17)31)18(23(34)35)12-1-7-15(8-2-12)38-24(26)36/h1-8,16-18H,9-11,25H2,(H2,26,36)(H,27,30)(H,32,33)(H,34,35). The van der Waals surface area contributed by atoms with Gasteiger partial charge in [-0.3, -0.25) is 19.2 Å². The molecule has 1 saturated heterocycles. The van der Waals surface area contributed by atoms with Crippen molar-refractivity contribution >= 4 is 35.6 Å². The third-order valence-corrected chi connectivity index (χ3v) is 5.56. The highest BCUT2D eigenvalue weighted by Crippen LogP contribution is 2.29. The summed E-state index contributed by atoms with van der Waals surface area (Å²) in [6.07, 6.45) is -0.969. The Hall–Kier alpha value is -4.98. The lowest BCUT2D eigenvalue weighted by Gasteiger charge is -2.42. The molecule has 3 atom stereocenters. The number of rotatable bonds is 12. The van der Waals surface area contributed by atoms with Crippen LogP contribution in [0.1, 0.15) is 28.4 Å². The Morgan fingerprint density at radius 2 is 1.58 bits per heavy atom. The lowest BCUT2D eigenvalue weighted by molar-refractivity contribution is -0.160. The van der Waals surface area contributed by atoms with Gasteiger partial charge in [-0.15, -0.1) is 0 Å². The molecule has 0 aromatic heterocycles. The Balaban J connectivity index is 1.55. The van der Waals surface area contributed by atoms with Gasteiger partial charge in [0.05, 0.1) is 13.2 Å². The van der Waals surface area contributed by atoms with Gasteiger partial charge < -0.3 is 41.4 Å². The molecule has 1 fully saturated rings. The Labute approximate surface area is 215 Å². The summed E-state index contributed by atoms with van der Waals surface area (Å²) in [5.41, 5.74) is 10.6. The number of carboxylic acids is 2. The van der Waals surface area contributed by atoms with Crippen LogP contribution in [-0.4, -0.2) is 76.0 Å². The number of nitrogens with two attached hydrogens (primary N) is 2. The first-order valence-corrected chi connectivity index (χ1v) is 11.1. The molecule has 0 saturated carbocycles. The van der Waals surface area contributed by atoms with Gasteiger partial charge in [0.2, 0.25) is 11.7 Å². The number of likely N-dealkylation sites (tertiary alicyclic amines) is 1. The van der Waals surface area contributed by atoms with Crippen molar-refractivity contribution in [3.05, 3.63) is 59.7 Å². The highest BCUT2D eigenvalue weighted by Gasteiger charge is 2.45. The topological polar surface area (TPSA) is 229 Å². The summed E-state index contributed by atoms with van der Waals surface area (Å²) in [7, 11) is 0. The van der Waals surface area contributed by atoms with E-state index in [0.29, 0.717) is 5.75 Å². The second-order valence-corrected chi connectivity index (χ2v) is 8.18. The first-order chi connectivity index (χ1) is 18.0. The molecule has 1 aliphatic heterocycles. The number of β-lactam (4-membered cyclic amide) rings is 1. The highest BCUT2D eigenvalue weighted by molar-refractivity contribution is 6.43. The molecule has 0 radical (unpaired) electrons. The molecular weight excluding hydrogens is 504 g/mol. The Bertz CT molecular complexity index is 1250. The van der Waals surface area contributed by atoms with Crippen LogP contribution < -0.4 is 26.3 Å². The van der Waals surface area contributed by atoms with Crippen molar-refractivity contribution in [3.8, 4) is 11.5 Å². The summed E-state index contributed by atoms with van der Waals surface area (Å²) in [5.74, 6) is -4.73. The number of carbonyl (C=O) groups excluding carboxylic acids is 4. The van der Waals surface area contributed by atoms with Crippen molar-refractivity contribution in [3.63, 3.8) is 0 Å². The lowest BCUT2D eigenvalue weighted by atomic mass is 9.98. The second-order valence-electron chi connectivity index (χ2n) is 8.18. The zero-order chi connectivity index (χ0) is 28.0. The van der Waals surface area contributed by atoms with E-state index >= 15 is 0 Å². The van der Waals surface area contributed by atoms with Crippen LogP contribution in [0.25, 0.3) is 0 Å². The fourth-order valence-corrected chi connectivity index (χ4v) is 3.57.